The quantitative estimate of drug-likeness (QED) is 0.773. The highest BCUT2D eigenvalue weighted by Crippen LogP contribution is 2.29. The Bertz CT molecular complexity index is 324. The molecule has 3 heteroatoms. The van der Waals surface area contributed by atoms with Crippen molar-refractivity contribution < 1.29 is 5.11 Å². The molecule has 15 heavy (non-hydrogen) atoms. The van der Waals surface area contributed by atoms with Gasteiger partial charge < -0.3 is 10.4 Å². The van der Waals surface area contributed by atoms with Crippen LogP contribution in [0, 0.1) is 0 Å². The van der Waals surface area contributed by atoms with Crippen molar-refractivity contribution in [3.8, 4) is 0 Å². The Morgan fingerprint density at radius 3 is 2.67 bits per heavy atom. The topological polar surface area (TPSA) is 45.2 Å². The number of aliphatic hydroxyl groups is 1. The number of hydrogen-bond acceptors (Lipinski definition) is 3. The highest BCUT2D eigenvalue weighted by molar-refractivity contribution is 5.16. The van der Waals surface area contributed by atoms with Crippen molar-refractivity contribution in [2.75, 3.05) is 0 Å². The second-order valence-corrected chi connectivity index (χ2v) is 4.90. The zero-order chi connectivity index (χ0) is 10.9. The van der Waals surface area contributed by atoms with Gasteiger partial charge in [-0.05, 0) is 44.4 Å². The van der Waals surface area contributed by atoms with Gasteiger partial charge in [-0.25, -0.2) is 0 Å². The molecule has 3 nitrogen and oxygen atoms in total. The Labute approximate surface area is 90.5 Å². The molecule has 0 amide bonds. The number of nitrogens with zero attached hydrogens (tertiary/aromatic N) is 1. The second-order valence-electron chi connectivity index (χ2n) is 4.90. The average molecular weight is 206 g/mol. The summed E-state index contributed by atoms with van der Waals surface area (Å²) < 4.78 is 0. The fraction of sp³-hybridized carbons (Fsp3) is 0.583. The van der Waals surface area contributed by atoms with Crippen LogP contribution >= 0.6 is 0 Å². The highest BCUT2D eigenvalue weighted by Gasteiger charge is 2.34. The van der Waals surface area contributed by atoms with Crippen LogP contribution < -0.4 is 5.32 Å². The third kappa shape index (κ3) is 2.36. The van der Waals surface area contributed by atoms with Crippen LogP contribution in [-0.4, -0.2) is 21.7 Å². The van der Waals surface area contributed by atoms with Gasteiger partial charge in [0.15, 0.2) is 0 Å². The van der Waals surface area contributed by atoms with Gasteiger partial charge in [0, 0.05) is 24.0 Å². The molecule has 0 aliphatic carbocycles. The summed E-state index contributed by atoms with van der Waals surface area (Å²) in [6, 6.07) is 3.91. The van der Waals surface area contributed by atoms with Gasteiger partial charge in [0.05, 0.1) is 6.10 Å². The summed E-state index contributed by atoms with van der Waals surface area (Å²) >= 11 is 0. The molecule has 0 saturated carbocycles. The minimum Gasteiger partial charge on any atom is -0.387 e. The molecular weight excluding hydrogens is 188 g/mol. The number of nitrogens with one attached hydrogen (secondary N) is 1. The molecule has 2 atom stereocenters. The van der Waals surface area contributed by atoms with Crippen LogP contribution in [0.3, 0.4) is 0 Å². The number of aromatic nitrogens is 1. The smallest absolute Gasteiger partial charge is 0.0944 e. The van der Waals surface area contributed by atoms with E-state index in [4.69, 9.17) is 0 Å². The zero-order valence-corrected chi connectivity index (χ0v) is 9.27. The molecule has 1 aliphatic heterocycles. The second kappa shape index (κ2) is 3.91. The van der Waals surface area contributed by atoms with Crippen molar-refractivity contribution in [1.82, 2.24) is 10.3 Å². The summed E-state index contributed by atoms with van der Waals surface area (Å²) in [5.41, 5.74) is 1.10. The Hall–Kier alpha value is -0.930. The van der Waals surface area contributed by atoms with Gasteiger partial charge in [-0.3, -0.25) is 4.98 Å². The van der Waals surface area contributed by atoms with Gasteiger partial charge in [0.2, 0.25) is 0 Å². The van der Waals surface area contributed by atoms with Crippen LogP contribution in [0.5, 0.6) is 0 Å². The molecule has 2 rings (SSSR count). The van der Waals surface area contributed by atoms with Gasteiger partial charge in [-0.15, -0.1) is 0 Å². The largest absolute Gasteiger partial charge is 0.387 e. The van der Waals surface area contributed by atoms with Crippen LogP contribution in [0.25, 0.3) is 0 Å². The minimum atomic E-state index is -0.422. The molecule has 0 aromatic carbocycles. The fourth-order valence-corrected chi connectivity index (χ4v) is 2.19. The number of pyridine rings is 1. The molecule has 82 valence electrons. The van der Waals surface area contributed by atoms with Crippen LogP contribution in [0.1, 0.15) is 38.4 Å². The Kier molecular flexibility index (Phi) is 2.76. The van der Waals surface area contributed by atoms with Gasteiger partial charge in [-0.2, -0.15) is 0 Å². The first kappa shape index (κ1) is 10.6. The van der Waals surface area contributed by atoms with Gasteiger partial charge in [-0.1, -0.05) is 0 Å². The lowest BCUT2D eigenvalue weighted by Gasteiger charge is -2.23. The molecule has 0 radical (unpaired) electrons. The lowest BCUT2D eigenvalue weighted by Crippen LogP contribution is -2.40. The first-order valence-corrected chi connectivity index (χ1v) is 5.44. The van der Waals surface area contributed by atoms with E-state index in [0.717, 1.165) is 18.4 Å². The van der Waals surface area contributed by atoms with E-state index >= 15 is 0 Å². The molecule has 0 spiro atoms. The van der Waals surface area contributed by atoms with E-state index < -0.39 is 6.10 Å². The maximum absolute atomic E-state index is 10.2. The summed E-state index contributed by atoms with van der Waals surface area (Å²) in [4.78, 5) is 3.95. The number of aliphatic hydroxyl groups excluding tert-OH is 1. The van der Waals surface area contributed by atoms with Crippen molar-refractivity contribution >= 4 is 0 Å². The third-order valence-corrected chi connectivity index (χ3v) is 3.09. The lowest BCUT2D eigenvalue weighted by atomic mass is 10.0. The zero-order valence-electron chi connectivity index (χ0n) is 9.27. The van der Waals surface area contributed by atoms with E-state index in [-0.39, 0.29) is 11.6 Å². The summed E-state index contributed by atoms with van der Waals surface area (Å²) in [5.74, 6) is 0. The molecule has 0 bridgehead atoms. The first-order valence-electron chi connectivity index (χ1n) is 5.44. The maximum Gasteiger partial charge on any atom is 0.0944 e. The molecule has 1 fully saturated rings. The van der Waals surface area contributed by atoms with E-state index in [1.807, 2.05) is 12.1 Å². The van der Waals surface area contributed by atoms with Crippen molar-refractivity contribution in [3.63, 3.8) is 0 Å². The van der Waals surface area contributed by atoms with Crippen LogP contribution in [0.2, 0.25) is 0 Å². The van der Waals surface area contributed by atoms with Crippen molar-refractivity contribution in [2.45, 2.75) is 44.4 Å². The number of hydrogen-bond donors (Lipinski definition) is 2. The number of rotatable bonds is 2. The highest BCUT2D eigenvalue weighted by atomic mass is 16.3. The van der Waals surface area contributed by atoms with Crippen LogP contribution in [-0.2, 0) is 0 Å². The molecule has 2 heterocycles. The molecule has 1 aromatic heterocycles. The summed E-state index contributed by atoms with van der Waals surface area (Å²) in [6.07, 6.45) is 5.16. The van der Waals surface area contributed by atoms with Crippen molar-refractivity contribution in [3.05, 3.63) is 30.1 Å². The lowest BCUT2D eigenvalue weighted by molar-refractivity contribution is 0.131. The van der Waals surface area contributed by atoms with E-state index in [1.54, 1.807) is 12.4 Å². The Morgan fingerprint density at radius 1 is 1.47 bits per heavy atom. The van der Waals surface area contributed by atoms with Crippen molar-refractivity contribution in [1.29, 1.82) is 0 Å². The van der Waals surface area contributed by atoms with E-state index in [0.29, 0.717) is 0 Å². The third-order valence-electron chi connectivity index (χ3n) is 3.09. The molecule has 1 aromatic rings. The standard InChI is InChI=1S/C12H18N2O/c1-12(2)6-3-10(14-12)11(15)9-4-7-13-8-5-9/h4-5,7-8,10-11,14-15H,3,6H2,1-2H3/t10-,11?/m0/s1. The molecule has 2 N–H and O–H groups in total. The molecule has 1 aliphatic rings. The van der Waals surface area contributed by atoms with Gasteiger partial charge in [0.25, 0.3) is 0 Å². The predicted octanol–water partition coefficient (Wildman–Crippen LogP) is 1.65. The fourth-order valence-electron chi connectivity index (χ4n) is 2.19. The summed E-state index contributed by atoms with van der Waals surface area (Å²) in [5, 5.41) is 13.6. The van der Waals surface area contributed by atoms with Gasteiger partial charge in [0.1, 0.15) is 0 Å². The first-order chi connectivity index (χ1) is 7.08. The summed E-state index contributed by atoms with van der Waals surface area (Å²) in [6.45, 7) is 4.35. The predicted molar refractivity (Wildman–Crippen MR) is 59.4 cm³/mol. The van der Waals surface area contributed by atoms with Gasteiger partial charge >= 0.3 is 0 Å². The average Bonchev–Trinajstić information content (AvgIpc) is 2.59. The van der Waals surface area contributed by atoms with Crippen molar-refractivity contribution in [2.24, 2.45) is 0 Å². The molecule has 1 unspecified atom stereocenters. The van der Waals surface area contributed by atoms with E-state index in [1.165, 1.54) is 0 Å². The normalized spacial score (nSPS) is 26.5. The van der Waals surface area contributed by atoms with Crippen LogP contribution in [0.15, 0.2) is 24.5 Å². The van der Waals surface area contributed by atoms with Crippen LogP contribution in [0.4, 0.5) is 0 Å². The molecular formula is C12H18N2O. The van der Waals surface area contributed by atoms with E-state index in [2.05, 4.69) is 24.1 Å². The monoisotopic (exact) mass is 206 g/mol. The molecule has 1 saturated heterocycles. The maximum atomic E-state index is 10.2. The SMILES string of the molecule is CC1(C)CC[C@@H](C(O)c2ccncc2)N1. The minimum absolute atomic E-state index is 0.151. The van der Waals surface area contributed by atoms with E-state index in [9.17, 15) is 5.11 Å². The summed E-state index contributed by atoms with van der Waals surface area (Å²) in [7, 11) is 0. The Balaban J connectivity index is 2.07. The Morgan fingerprint density at radius 2 is 2.13 bits per heavy atom.